The number of hydrogen-bond donors (Lipinski definition) is 2. The molecular weight excluding hydrogens is 373 g/mol. The molecule has 2 N–H and O–H groups in total. The van der Waals surface area contributed by atoms with E-state index in [1.165, 1.54) is 17.0 Å². The fraction of sp³-hybridized carbons (Fsp3) is 0.538. The van der Waals surface area contributed by atoms with Crippen molar-refractivity contribution in [1.82, 2.24) is 10.2 Å². The van der Waals surface area contributed by atoms with E-state index in [1.54, 1.807) is 0 Å². The normalized spacial score (nSPS) is 18.1. The Morgan fingerprint density at radius 3 is 2.48 bits per heavy atom. The molecule has 1 atom stereocenters. The molecule has 1 aliphatic heterocycles. The zero-order valence-corrected chi connectivity index (χ0v) is 13.6. The van der Waals surface area contributed by atoms with Crippen LogP contribution in [-0.2, 0) is 0 Å². The van der Waals surface area contributed by atoms with Crippen molar-refractivity contribution in [3.8, 4) is 0 Å². The Labute approximate surface area is 136 Å². The van der Waals surface area contributed by atoms with E-state index in [0.29, 0.717) is 30.7 Å². The van der Waals surface area contributed by atoms with Crippen molar-refractivity contribution in [3.05, 3.63) is 34.1 Å². The van der Waals surface area contributed by atoms with Crippen LogP contribution in [0, 0.1) is 5.82 Å². The number of aliphatic hydroxyl groups is 1. The topological polar surface area (TPSA) is 35.5 Å². The minimum absolute atomic E-state index is 0. The van der Waals surface area contributed by atoms with E-state index < -0.39 is 24.4 Å². The first-order chi connectivity index (χ1) is 9.45. The van der Waals surface area contributed by atoms with Gasteiger partial charge < -0.3 is 10.4 Å². The number of alkyl halides is 2. The highest BCUT2D eigenvalue weighted by atomic mass is 79.9. The lowest BCUT2D eigenvalue weighted by atomic mass is 9.97. The van der Waals surface area contributed by atoms with Gasteiger partial charge in [-0.2, -0.15) is 0 Å². The predicted molar refractivity (Wildman–Crippen MR) is 80.6 cm³/mol. The van der Waals surface area contributed by atoms with E-state index >= 15 is 0 Å². The summed E-state index contributed by atoms with van der Waals surface area (Å²) in [7, 11) is 0. The molecule has 1 aromatic rings. The second-order valence-electron chi connectivity index (χ2n) is 4.77. The van der Waals surface area contributed by atoms with Crippen LogP contribution < -0.4 is 5.32 Å². The molecule has 1 fully saturated rings. The molecule has 120 valence electrons. The van der Waals surface area contributed by atoms with E-state index in [2.05, 4.69) is 21.2 Å². The van der Waals surface area contributed by atoms with Crippen molar-refractivity contribution >= 4 is 28.3 Å². The molecule has 21 heavy (non-hydrogen) atoms. The second kappa shape index (κ2) is 7.78. The smallest absolute Gasteiger partial charge is 0.290 e. The summed E-state index contributed by atoms with van der Waals surface area (Å²) in [6.07, 6.45) is 0. The largest absolute Gasteiger partial charge is 0.390 e. The molecule has 1 saturated heterocycles. The van der Waals surface area contributed by atoms with Gasteiger partial charge in [0.2, 0.25) is 0 Å². The molecule has 0 spiro atoms. The number of rotatable bonds is 4. The van der Waals surface area contributed by atoms with Gasteiger partial charge in [0.25, 0.3) is 5.92 Å². The number of nitrogens with zero attached hydrogens (tertiary/aromatic N) is 1. The zero-order valence-electron chi connectivity index (χ0n) is 11.2. The highest BCUT2D eigenvalue weighted by molar-refractivity contribution is 9.10. The zero-order chi connectivity index (χ0) is 14.8. The Bertz CT molecular complexity index is 473. The number of nitrogens with one attached hydrogen (secondary N) is 1. The highest BCUT2D eigenvalue weighted by Crippen LogP contribution is 2.38. The van der Waals surface area contributed by atoms with Crippen molar-refractivity contribution in [3.63, 3.8) is 0 Å². The van der Waals surface area contributed by atoms with Crippen molar-refractivity contribution < 1.29 is 18.3 Å². The Morgan fingerprint density at radius 2 is 1.95 bits per heavy atom. The van der Waals surface area contributed by atoms with Gasteiger partial charge in [0.05, 0.1) is 0 Å². The molecule has 1 aliphatic rings. The van der Waals surface area contributed by atoms with E-state index in [-0.39, 0.29) is 18.0 Å². The summed E-state index contributed by atoms with van der Waals surface area (Å²) >= 11 is 3.11. The van der Waals surface area contributed by atoms with Crippen LogP contribution in [0.1, 0.15) is 11.6 Å². The third kappa shape index (κ3) is 4.32. The average molecular weight is 390 g/mol. The summed E-state index contributed by atoms with van der Waals surface area (Å²) in [5.74, 6) is -4.09. The van der Waals surface area contributed by atoms with Crippen LogP contribution >= 0.6 is 28.3 Å². The number of benzene rings is 1. The lowest BCUT2D eigenvalue weighted by Crippen LogP contribution is -2.51. The van der Waals surface area contributed by atoms with Gasteiger partial charge in [0.15, 0.2) is 0 Å². The third-order valence-corrected chi connectivity index (χ3v) is 3.88. The van der Waals surface area contributed by atoms with Crippen LogP contribution in [0.3, 0.4) is 0 Å². The van der Waals surface area contributed by atoms with E-state index in [4.69, 9.17) is 5.11 Å². The standard InChI is InChI=1S/C13H16BrF3N2O.ClH/c14-9-1-2-10(11(15)7-9)12(13(16,17)8-20)19-5-3-18-4-6-19;/h1-2,7,12,18,20H,3-6,8H2;1H/t12-;/m0./s1. The van der Waals surface area contributed by atoms with Gasteiger partial charge in [-0.1, -0.05) is 22.0 Å². The monoisotopic (exact) mass is 388 g/mol. The molecule has 1 heterocycles. The maximum atomic E-state index is 14.1. The van der Waals surface area contributed by atoms with Gasteiger partial charge in [-0.05, 0) is 12.1 Å². The summed E-state index contributed by atoms with van der Waals surface area (Å²) in [5, 5.41) is 12.0. The maximum Gasteiger partial charge on any atom is 0.290 e. The summed E-state index contributed by atoms with van der Waals surface area (Å²) in [6, 6.07) is 2.58. The first-order valence-corrected chi connectivity index (χ1v) is 7.13. The van der Waals surface area contributed by atoms with Crippen LogP contribution in [0.5, 0.6) is 0 Å². The molecule has 0 bridgehead atoms. The fourth-order valence-corrected chi connectivity index (χ4v) is 2.77. The Hall–Kier alpha value is -0.340. The molecule has 8 heteroatoms. The molecule has 0 aliphatic carbocycles. The Morgan fingerprint density at radius 1 is 1.33 bits per heavy atom. The van der Waals surface area contributed by atoms with Crippen LogP contribution in [0.15, 0.2) is 22.7 Å². The summed E-state index contributed by atoms with van der Waals surface area (Å²) in [6.45, 7) is 0.592. The first kappa shape index (κ1) is 18.7. The van der Waals surface area contributed by atoms with E-state index in [9.17, 15) is 13.2 Å². The quantitative estimate of drug-likeness (QED) is 0.831. The minimum atomic E-state index is -3.40. The van der Waals surface area contributed by atoms with Crippen LogP contribution in [0.2, 0.25) is 0 Å². The fourth-order valence-electron chi connectivity index (χ4n) is 2.44. The number of halogens is 5. The van der Waals surface area contributed by atoms with Gasteiger partial charge >= 0.3 is 0 Å². The number of piperazine rings is 1. The lowest BCUT2D eigenvalue weighted by Gasteiger charge is -2.38. The molecule has 0 radical (unpaired) electrons. The summed E-state index contributed by atoms with van der Waals surface area (Å²) in [5.41, 5.74) is -0.0887. The Balaban J connectivity index is 0.00000220. The van der Waals surface area contributed by atoms with Crippen LogP contribution in [-0.4, -0.2) is 48.7 Å². The van der Waals surface area contributed by atoms with Crippen molar-refractivity contribution in [2.24, 2.45) is 0 Å². The molecule has 0 amide bonds. The SMILES string of the molecule is Cl.OCC(F)(F)[C@H](c1ccc(Br)cc1F)N1CCNCC1. The second-order valence-corrected chi connectivity index (χ2v) is 5.69. The van der Waals surface area contributed by atoms with Crippen LogP contribution in [0.25, 0.3) is 0 Å². The Kier molecular flexibility index (Phi) is 6.93. The highest BCUT2D eigenvalue weighted by Gasteiger charge is 2.45. The summed E-state index contributed by atoms with van der Waals surface area (Å²) < 4.78 is 42.7. The number of aliphatic hydroxyl groups excluding tert-OH is 1. The molecule has 0 unspecified atom stereocenters. The average Bonchev–Trinajstić information content (AvgIpc) is 2.43. The van der Waals surface area contributed by atoms with Crippen molar-refractivity contribution in [2.45, 2.75) is 12.0 Å². The molecule has 0 saturated carbocycles. The van der Waals surface area contributed by atoms with Crippen molar-refractivity contribution in [1.29, 1.82) is 0 Å². The van der Waals surface area contributed by atoms with Crippen molar-refractivity contribution in [2.75, 3.05) is 32.8 Å². The van der Waals surface area contributed by atoms with Gasteiger partial charge in [0, 0.05) is 36.2 Å². The molecular formula is C13H17BrClF3N2O. The summed E-state index contributed by atoms with van der Waals surface area (Å²) in [4.78, 5) is 1.51. The molecule has 0 aromatic heterocycles. The van der Waals surface area contributed by atoms with Gasteiger partial charge in [-0.15, -0.1) is 12.4 Å². The third-order valence-electron chi connectivity index (χ3n) is 3.38. The van der Waals surface area contributed by atoms with Gasteiger partial charge in [-0.25, -0.2) is 13.2 Å². The maximum absolute atomic E-state index is 14.1. The predicted octanol–water partition coefficient (Wildman–Crippen LogP) is 2.58. The van der Waals surface area contributed by atoms with Gasteiger partial charge in [-0.3, -0.25) is 4.90 Å². The molecule has 3 nitrogen and oxygen atoms in total. The van der Waals surface area contributed by atoms with Crippen LogP contribution in [0.4, 0.5) is 13.2 Å². The molecule has 2 rings (SSSR count). The van der Waals surface area contributed by atoms with E-state index in [1.807, 2.05) is 0 Å². The minimum Gasteiger partial charge on any atom is -0.390 e. The molecule has 1 aromatic carbocycles. The lowest BCUT2D eigenvalue weighted by molar-refractivity contribution is -0.119. The first-order valence-electron chi connectivity index (χ1n) is 6.34. The van der Waals surface area contributed by atoms with Gasteiger partial charge in [0.1, 0.15) is 18.5 Å². The number of hydrogen-bond acceptors (Lipinski definition) is 3. The van der Waals surface area contributed by atoms with E-state index in [0.717, 1.165) is 6.07 Å².